The van der Waals surface area contributed by atoms with Gasteiger partial charge in [0.1, 0.15) is 5.75 Å². The van der Waals surface area contributed by atoms with Gasteiger partial charge in [-0.05, 0) is 72.6 Å². The molecular weight excluding hydrogens is 474 g/mol. The number of amides is 1. The summed E-state index contributed by atoms with van der Waals surface area (Å²) >= 11 is 0. The van der Waals surface area contributed by atoms with E-state index in [0.717, 1.165) is 77.3 Å². The van der Waals surface area contributed by atoms with Crippen LogP contribution in [0.3, 0.4) is 0 Å². The summed E-state index contributed by atoms with van der Waals surface area (Å²) in [5.41, 5.74) is 6.91. The molecule has 4 aromatic rings. The number of rotatable bonds is 5. The number of hydrogen-bond acceptors (Lipinski definition) is 5. The van der Waals surface area contributed by atoms with E-state index < -0.39 is 5.41 Å². The molecule has 1 saturated carbocycles. The summed E-state index contributed by atoms with van der Waals surface area (Å²) in [4.78, 5) is 17.8. The standard InChI is InChI=1S/C31H31N5O2/c1-35-13-15-36(16-14-35)22-7-3-20(4-8-22)5-11-27-24-10-6-21(17-29(24)34-33-27)26-19-31(26)25-18-23(38-2)9-12-28(25)32-30(31)37/h3-12,17-18,26H,13-16,19H2,1-2H3,(H,32,37)(H,33,34)/t26-,31-/m0/s1. The van der Waals surface area contributed by atoms with Gasteiger partial charge in [-0.15, -0.1) is 0 Å². The lowest BCUT2D eigenvalue weighted by Gasteiger charge is -2.34. The normalized spacial score (nSPS) is 22.8. The van der Waals surface area contributed by atoms with Crippen molar-refractivity contribution in [3.63, 3.8) is 0 Å². The van der Waals surface area contributed by atoms with Crippen LogP contribution in [0.15, 0.2) is 60.7 Å². The molecule has 3 aromatic carbocycles. The van der Waals surface area contributed by atoms with Crippen molar-refractivity contribution in [1.82, 2.24) is 15.1 Å². The number of nitrogens with zero attached hydrogens (tertiary/aromatic N) is 3. The van der Waals surface area contributed by atoms with Crippen LogP contribution in [-0.2, 0) is 10.2 Å². The lowest BCUT2D eigenvalue weighted by molar-refractivity contribution is -0.118. The highest BCUT2D eigenvalue weighted by atomic mass is 16.5. The third-order valence-corrected chi connectivity index (χ3v) is 8.54. The van der Waals surface area contributed by atoms with E-state index in [1.807, 2.05) is 18.2 Å². The molecule has 192 valence electrons. The monoisotopic (exact) mass is 505 g/mol. The Morgan fingerprint density at radius 1 is 1.00 bits per heavy atom. The van der Waals surface area contributed by atoms with Crippen LogP contribution >= 0.6 is 0 Å². The van der Waals surface area contributed by atoms with Crippen molar-refractivity contribution in [3.8, 4) is 5.75 Å². The van der Waals surface area contributed by atoms with E-state index >= 15 is 0 Å². The Balaban J connectivity index is 1.09. The highest BCUT2D eigenvalue weighted by Crippen LogP contribution is 2.65. The minimum absolute atomic E-state index is 0.0812. The zero-order valence-electron chi connectivity index (χ0n) is 21.7. The van der Waals surface area contributed by atoms with Crippen LogP contribution in [0.4, 0.5) is 11.4 Å². The van der Waals surface area contributed by atoms with Crippen molar-refractivity contribution in [2.75, 3.05) is 50.6 Å². The molecule has 38 heavy (non-hydrogen) atoms. The number of carbonyl (C=O) groups is 1. The molecule has 2 atom stereocenters. The van der Waals surface area contributed by atoms with Gasteiger partial charge in [-0.2, -0.15) is 5.10 Å². The number of hydrogen-bond donors (Lipinski definition) is 2. The molecule has 7 nitrogen and oxygen atoms in total. The van der Waals surface area contributed by atoms with E-state index in [1.54, 1.807) is 7.11 Å². The Labute approximate surface area is 222 Å². The first kappa shape index (κ1) is 23.0. The third kappa shape index (κ3) is 3.69. The first-order valence-corrected chi connectivity index (χ1v) is 13.2. The SMILES string of the molecule is COc1ccc2c(c1)[C@]1(C[C@H]1c1ccc3c(C=Cc4ccc(N5CCN(C)CC5)cc4)n[nH]c3c1)C(=O)N2. The van der Waals surface area contributed by atoms with Gasteiger partial charge in [0.25, 0.3) is 0 Å². The van der Waals surface area contributed by atoms with Crippen LogP contribution in [0.2, 0.25) is 0 Å². The lowest BCUT2D eigenvalue weighted by atomic mass is 9.91. The topological polar surface area (TPSA) is 73.5 Å². The number of ether oxygens (including phenoxy) is 1. The van der Waals surface area contributed by atoms with E-state index in [1.165, 1.54) is 5.69 Å². The second-order valence-electron chi connectivity index (χ2n) is 10.7. The Morgan fingerprint density at radius 2 is 1.82 bits per heavy atom. The second-order valence-corrected chi connectivity index (χ2v) is 10.7. The van der Waals surface area contributed by atoms with E-state index in [2.05, 4.69) is 87.0 Å². The molecule has 2 aliphatic heterocycles. The average Bonchev–Trinajstić information content (AvgIpc) is 3.49. The fourth-order valence-corrected chi connectivity index (χ4v) is 6.14. The van der Waals surface area contributed by atoms with Gasteiger partial charge in [0, 0.05) is 48.9 Å². The van der Waals surface area contributed by atoms with Gasteiger partial charge in [-0.1, -0.05) is 30.3 Å². The first-order valence-electron chi connectivity index (χ1n) is 13.2. The summed E-state index contributed by atoms with van der Waals surface area (Å²) in [6, 6.07) is 21.0. The van der Waals surface area contributed by atoms with E-state index in [-0.39, 0.29) is 11.8 Å². The molecule has 3 heterocycles. The average molecular weight is 506 g/mol. The smallest absolute Gasteiger partial charge is 0.235 e. The summed E-state index contributed by atoms with van der Waals surface area (Å²) in [5.74, 6) is 0.999. The second kappa shape index (κ2) is 8.74. The molecule has 2 fully saturated rings. The van der Waals surface area contributed by atoms with Crippen molar-refractivity contribution in [3.05, 3.63) is 83.0 Å². The number of benzene rings is 3. The minimum atomic E-state index is -0.503. The predicted octanol–water partition coefficient (Wildman–Crippen LogP) is 4.87. The highest BCUT2D eigenvalue weighted by Gasteiger charge is 2.65. The zero-order chi connectivity index (χ0) is 25.9. The number of piperazine rings is 1. The summed E-state index contributed by atoms with van der Waals surface area (Å²) in [7, 11) is 3.84. The Bertz CT molecular complexity index is 1570. The summed E-state index contributed by atoms with van der Waals surface area (Å²) < 4.78 is 5.43. The number of methoxy groups -OCH3 is 1. The molecule has 2 N–H and O–H groups in total. The first-order chi connectivity index (χ1) is 18.5. The fourth-order valence-electron chi connectivity index (χ4n) is 6.14. The largest absolute Gasteiger partial charge is 0.497 e. The maximum Gasteiger partial charge on any atom is 0.235 e. The van der Waals surface area contributed by atoms with Crippen LogP contribution < -0.4 is 15.0 Å². The molecule has 1 saturated heterocycles. The number of anilines is 2. The fraction of sp³-hybridized carbons (Fsp3) is 0.290. The molecule has 0 radical (unpaired) electrons. The van der Waals surface area contributed by atoms with Gasteiger partial charge in [-0.25, -0.2) is 0 Å². The molecule has 0 unspecified atom stereocenters. The molecule has 1 aromatic heterocycles. The van der Waals surface area contributed by atoms with Crippen LogP contribution in [0.5, 0.6) is 5.75 Å². The van der Waals surface area contributed by atoms with Gasteiger partial charge >= 0.3 is 0 Å². The number of carbonyl (C=O) groups excluding carboxylic acids is 1. The van der Waals surface area contributed by atoms with Crippen molar-refractivity contribution in [1.29, 1.82) is 0 Å². The summed E-state index contributed by atoms with van der Waals surface area (Å²) in [6.07, 6.45) is 4.98. The Hall–Kier alpha value is -4.10. The molecule has 7 heteroatoms. The molecule has 1 amide bonds. The zero-order valence-corrected chi connectivity index (χ0v) is 21.7. The van der Waals surface area contributed by atoms with Crippen molar-refractivity contribution in [2.24, 2.45) is 0 Å². The highest BCUT2D eigenvalue weighted by molar-refractivity contribution is 6.10. The number of aromatic nitrogens is 2. The lowest BCUT2D eigenvalue weighted by Crippen LogP contribution is -2.44. The number of likely N-dealkylation sites (N-methyl/N-ethyl adjacent to an activating group) is 1. The summed E-state index contributed by atoms with van der Waals surface area (Å²) in [6.45, 7) is 4.35. The molecule has 7 rings (SSSR count). The molecular formula is C31H31N5O2. The van der Waals surface area contributed by atoms with Gasteiger partial charge in [0.15, 0.2) is 0 Å². The molecule has 1 aliphatic carbocycles. The Kier molecular flexibility index (Phi) is 5.30. The maximum absolute atomic E-state index is 13.0. The summed E-state index contributed by atoms with van der Waals surface area (Å²) in [5, 5.41) is 11.9. The third-order valence-electron chi connectivity index (χ3n) is 8.54. The van der Waals surface area contributed by atoms with E-state index in [9.17, 15) is 4.79 Å². The van der Waals surface area contributed by atoms with Crippen LogP contribution in [0.25, 0.3) is 23.1 Å². The number of H-pyrrole nitrogens is 1. The number of aromatic amines is 1. The number of nitrogens with one attached hydrogen (secondary N) is 2. The van der Waals surface area contributed by atoms with E-state index in [0.29, 0.717) is 0 Å². The van der Waals surface area contributed by atoms with Gasteiger partial charge < -0.3 is 19.9 Å². The number of fused-ring (bicyclic) bond motifs is 3. The Morgan fingerprint density at radius 3 is 2.61 bits per heavy atom. The minimum Gasteiger partial charge on any atom is -0.497 e. The van der Waals surface area contributed by atoms with Gasteiger partial charge in [0.05, 0.1) is 23.7 Å². The van der Waals surface area contributed by atoms with Crippen molar-refractivity contribution >= 4 is 40.3 Å². The predicted molar refractivity (Wildman–Crippen MR) is 152 cm³/mol. The molecule has 1 spiro atoms. The molecule has 0 bridgehead atoms. The van der Waals surface area contributed by atoms with Crippen LogP contribution in [-0.4, -0.2) is 61.3 Å². The van der Waals surface area contributed by atoms with E-state index in [4.69, 9.17) is 4.74 Å². The van der Waals surface area contributed by atoms with Gasteiger partial charge in [-0.3, -0.25) is 9.89 Å². The maximum atomic E-state index is 13.0. The molecule has 3 aliphatic rings. The van der Waals surface area contributed by atoms with Crippen molar-refractivity contribution in [2.45, 2.75) is 17.8 Å². The van der Waals surface area contributed by atoms with Gasteiger partial charge in [0.2, 0.25) is 5.91 Å². The van der Waals surface area contributed by atoms with Crippen LogP contribution in [0, 0.1) is 0 Å². The quantitative estimate of drug-likeness (QED) is 0.405. The van der Waals surface area contributed by atoms with Crippen molar-refractivity contribution < 1.29 is 9.53 Å². The van der Waals surface area contributed by atoms with Crippen LogP contribution in [0.1, 0.15) is 34.7 Å².